The molecule has 9 nitrogen and oxygen atoms in total. The van der Waals surface area contributed by atoms with E-state index in [0.717, 1.165) is 11.3 Å². The lowest BCUT2D eigenvalue weighted by molar-refractivity contribution is -0.116. The van der Waals surface area contributed by atoms with Crippen molar-refractivity contribution in [2.75, 3.05) is 11.9 Å². The second-order valence-electron chi connectivity index (χ2n) is 5.87. The first-order chi connectivity index (χ1) is 14.0. The van der Waals surface area contributed by atoms with Crippen LogP contribution in [0.2, 0.25) is 0 Å². The number of nitrogens with one attached hydrogen (secondary N) is 1. The summed E-state index contributed by atoms with van der Waals surface area (Å²) in [7, 11) is 0. The number of carbonyl (C=O) groups is 2. The quantitative estimate of drug-likeness (QED) is 0.587. The summed E-state index contributed by atoms with van der Waals surface area (Å²) in [6, 6.07) is 7.37. The fraction of sp³-hybridized carbons (Fsp3) is 0.263. The first-order valence-electron chi connectivity index (χ1n) is 8.78. The Bertz CT molecular complexity index is 1070. The maximum atomic E-state index is 12.3. The van der Waals surface area contributed by atoms with Crippen LogP contribution < -0.4 is 5.32 Å². The van der Waals surface area contributed by atoms with Gasteiger partial charge in [0, 0.05) is 19.0 Å². The predicted octanol–water partition coefficient (Wildman–Crippen LogP) is 3.12. The molecule has 0 aliphatic heterocycles. The number of thiophene rings is 1. The van der Waals surface area contributed by atoms with Crippen LogP contribution in [0.3, 0.4) is 0 Å². The molecule has 0 unspecified atom stereocenters. The summed E-state index contributed by atoms with van der Waals surface area (Å²) in [6.45, 7) is 3.57. The second-order valence-corrected chi connectivity index (χ2v) is 6.89. The summed E-state index contributed by atoms with van der Waals surface area (Å²) in [6.07, 6.45) is 1.92. The van der Waals surface area contributed by atoms with Gasteiger partial charge in [-0.25, -0.2) is 4.79 Å². The number of amides is 1. The van der Waals surface area contributed by atoms with Gasteiger partial charge in [0.1, 0.15) is 21.6 Å². The Morgan fingerprint density at radius 1 is 1.38 bits per heavy atom. The number of nitrogens with zero attached hydrogens (tertiary/aromatic N) is 4. The number of rotatable bonds is 7. The maximum Gasteiger partial charge on any atom is 0.348 e. The van der Waals surface area contributed by atoms with E-state index >= 15 is 0 Å². The van der Waals surface area contributed by atoms with Crippen LogP contribution in [0.4, 0.5) is 5.00 Å². The third-order valence-corrected chi connectivity index (χ3v) is 5.09. The van der Waals surface area contributed by atoms with Gasteiger partial charge in [0.2, 0.25) is 17.6 Å². The fourth-order valence-electron chi connectivity index (χ4n) is 2.49. The third-order valence-electron chi connectivity index (χ3n) is 3.90. The lowest BCUT2D eigenvalue weighted by atomic mass is 10.1. The van der Waals surface area contributed by atoms with E-state index in [1.165, 1.54) is 0 Å². The number of aryl methyl sites for hydroxylation is 1. The Morgan fingerprint density at radius 2 is 2.21 bits per heavy atom. The SMILES string of the molecule is CCOC(=O)c1sc(NC(=O)CCc2nc(-c3ccccn3)no2)c(C#N)c1C. The standard InChI is InChI=1S/C19H17N5O4S/c1-3-27-19(26)16-11(2)12(10-20)18(29-16)22-14(25)7-8-15-23-17(24-28-15)13-6-4-5-9-21-13/h4-6,9H,3,7-8H2,1-2H3,(H,22,25). The summed E-state index contributed by atoms with van der Waals surface area (Å²) in [5.74, 6) is -0.202. The van der Waals surface area contributed by atoms with Gasteiger partial charge in [-0.15, -0.1) is 11.3 Å². The number of hydrogen-bond donors (Lipinski definition) is 1. The molecule has 3 aromatic heterocycles. The van der Waals surface area contributed by atoms with Crippen LogP contribution in [-0.4, -0.2) is 33.6 Å². The number of hydrogen-bond acceptors (Lipinski definition) is 9. The molecule has 0 atom stereocenters. The molecule has 3 rings (SSSR count). The van der Waals surface area contributed by atoms with Gasteiger partial charge in [-0.2, -0.15) is 10.2 Å². The van der Waals surface area contributed by atoms with Gasteiger partial charge < -0.3 is 14.6 Å². The molecule has 148 valence electrons. The smallest absolute Gasteiger partial charge is 0.348 e. The summed E-state index contributed by atoms with van der Waals surface area (Å²) < 4.78 is 10.1. The van der Waals surface area contributed by atoms with Gasteiger partial charge in [0.15, 0.2) is 0 Å². The lowest BCUT2D eigenvalue weighted by Gasteiger charge is -2.01. The molecule has 0 spiro atoms. The van der Waals surface area contributed by atoms with Crippen molar-refractivity contribution in [3.8, 4) is 17.6 Å². The van der Waals surface area contributed by atoms with E-state index in [1.807, 2.05) is 12.1 Å². The van der Waals surface area contributed by atoms with E-state index < -0.39 is 5.97 Å². The van der Waals surface area contributed by atoms with Crippen molar-refractivity contribution >= 4 is 28.2 Å². The highest BCUT2D eigenvalue weighted by atomic mass is 32.1. The van der Waals surface area contributed by atoms with E-state index in [0.29, 0.717) is 32.9 Å². The van der Waals surface area contributed by atoms with Crippen LogP contribution >= 0.6 is 11.3 Å². The minimum absolute atomic E-state index is 0.0698. The average Bonchev–Trinajstić information content (AvgIpc) is 3.32. The molecule has 29 heavy (non-hydrogen) atoms. The topological polar surface area (TPSA) is 131 Å². The van der Waals surface area contributed by atoms with E-state index in [9.17, 15) is 14.9 Å². The first kappa shape index (κ1) is 20.2. The third kappa shape index (κ3) is 4.64. The Hall–Kier alpha value is -3.58. The summed E-state index contributed by atoms with van der Waals surface area (Å²) in [5.41, 5.74) is 1.32. The zero-order valence-corrected chi connectivity index (χ0v) is 16.6. The minimum Gasteiger partial charge on any atom is -0.462 e. The van der Waals surface area contributed by atoms with Crippen LogP contribution in [0.1, 0.15) is 40.0 Å². The van der Waals surface area contributed by atoms with E-state index in [-0.39, 0.29) is 30.9 Å². The van der Waals surface area contributed by atoms with Crippen molar-refractivity contribution in [1.29, 1.82) is 5.26 Å². The molecular formula is C19H17N5O4S. The number of nitriles is 1. The van der Waals surface area contributed by atoms with Crippen molar-refractivity contribution in [3.05, 3.63) is 46.3 Å². The molecule has 10 heteroatoms. The normalized spacial score (nSPS) is 10.4. The number of esters is 1. The molecule has 0 aliphatic carbocycles. The van der Waals surface area contributed by atoms with Gasteiger partial charge >= 0.3 is 5.97 Å². The highest BCUT2D eigenvalue weighted by molar-refractivity contribution is 7.18. The van der Waals surface area contributed by atoms with Gasteiger partial charge in [-0.05, 0) is 31.5 Å². The Balaban J connectivity index is 1.64. The molecule has 1 N–H and O–H groups in total. The van der Waals surface area contributed by atoms with E-state index in [4.69, 9.17) is 9.26 Å². The molecule has 3 aromatic rings. The lowest BCUT2D eigenvalue weighted by Crippen LogP contribution is -2.12. The van der Waals surface area contributed by atoms with Crippen LogP contribution in [0.15, 0.2) is 28.9 Å². The van der Waals surface area contributed by atoms with Gasteiger partial charge in [-0.1, -0.05) is 11.2 Å². The maximum absolute atomic E-state index is 12.3. The summed E-state index contributed by atoms with van der Waals surface area (Å²) >= 11 is 1.02. The monoisotopic (exact) mass is 411 g/mol. The van der Waals surface area contributed by atoms with Crippen molar-refractivity contribution in [3.63, 3.8) is 0 Å². The highest BCUT2D eigenvalue weighted by Gasteiger charge is 2.22. The van der Waals surface area contributed by atoms with Crippen molar-refractivity contribution in [1.82, 2.24) is 15.1 Å². The summed E-state index contributed by atoms with van der Waals surface area (Å²) in [4.78, 5) is 33.0. The number of aromatic nitrogens is 3. The number of anilines is 1. The van der Waals surface area contributed by atoms with Gasteiger partial charge in [0.05, 0.1) is 12.2 Å². The second kappa shape index (κ2) is 9.07. The highest BCUT2D eigenvalue weighted by Crippen LogP contribution is 2.33. The largest absolute Gasteiger partial charge is 0.462 e. The fourth-order valence-corrected chi connectivity index (χ4v) is 3.56. The van der Waals surface area contributed by atoms with Crippen LogP contribution in [0, 0.1) is 18.3 Å². The molecule has 0 saturated heterocycles. The zero-order chi connectivity index (χ0) is 20.8. The van der Waals surface area contributed by atoms with Crippen molar-refractivity contribution in [2.24, 2.45) is 0 Å². The minimum atomic E-state index is -0.514. The van der Waals surface area contributed by atoms with E-state index in [2.05, 4.69) is 20.4 Å². The molecule has 0 fully saturated rings. The Labute approximate surface area is 170 Å². The molecule has 0 aliphatic rings. The molecule has 0 radical (unpaired) electrons. The van der Waals surface area contributed by atoms with Crippen LogP contribution in [-0.2, 0) is 16.0 Å². The number of carbonyl (C=O) groups excluding carboxylic acids is 2. The van der Waals surface area contributed by atoms with E-state index in [1.54, 1.807) is 32.2 Å². The predicted molar refractivity (Wildman–Crippen MR) is 104 cm³/mol. The van der Waals surface area contributed by atoms with Gasteiger partial charge in [0.25, 0.3) is 0 Å². The molecule has 0 bridgehead atoms. The molecule has 0 aromatic carbocycles. The Morgan fingerprint density at radius 3 is 2.90 bits per heavy atom. The molecule has 1 amide bonds. The first-order valence-corrected chi connectivity index (χ1v) is 9.59. The van der Waals surface area contributed by atoms with Crippen LogP contribution in [0.5, 0.6) is 0 Å². The van der Waals surface area contributed by atoms with Crippen molar-refractivity contribution in [2.45, 2.75) is 26.7 Å². The molecular weight excluding hydrogens is 394 g/mol. The molecule has 0 saturated carbocycles. The Kier molecular flexibility index (Phi) is 6.31. The number of ether oxygens (including phenoxy) is 1. The average molecular weight is 411 g/mol. The number of pyridine rings is 1. The van der Waals surface area contributed by atoms with Crippen LogP contribution in [0.25, 0.3) is 11.5 Å². The molecule has 3 heterocycles. The summed E-state index contributed by atoms with van der Waals surface area (Å²) in [5, 5.41) is 16.2. The van der Waals surface area contributed by atoms with Crippen molar-refractivity contribution < 1.29 is 18.8 Å². The zero-order valence-electron chi connectivity index (χ0n) is 15.8. The van der Waals surface area contributed by atoms with Gasteiger partial charge in [-0.3, -0.25) is 9.78 Å².